The zero-order chi connectivity index (χ0) is 20.4. The molecule has 2 aromatic rings. The molecule has 2 heterocycles. The van der Waals surface area contributed by atoms with E-state index in [4.69, 9.17) is 9.97 Å². The third-order valence-corrected chi connectivity index (χ3v) is 6.07. The molecule has 29 heavy (non-hydrogen) atoms. The number of rotatable bonds is 7. The van der Waals surface area contributed by atoms with Gasteiger partial charge in [0.2, 0.25) is 5.95 Å². The summed E-state index contributed by atoms with van der Waals surface area (Å²) in [7, 11) is 2.27. The lowest BCUT2D eigenvalue weighted by atomic mass is 10.1. The fourth-order valence-electron chi connectivity index (χ4n) is 4.10. The van der Waals surface area contributed by atoms with Crippen LogP contribution in [0.15, 0.2) is 24.3 Å². The summed E-state index contributed by atoms with van der Waals surface area (Å²) in [5, 5.41) is 12.6. The Bertz CT molecular complexity index is 914. The molecule has 4 rings (SSSR count). The highest BCUT2D eigenvalue weighted by Crippen LogP contribution is 2.31. The number of nitrogens with one attached hydrogen (secondary N) is 1. The van der Waals surface area contributed by atoms with Crippen molar-refractivity contribution in [2.24, 2.45) is 0 Å². The van der Waals surface area contributed by atoms with Gasteiger partial charge in [0.25, 0.3) is 0 Å². The molecule has 0 spiro atoms. The Hall–Kier alpha value is -2.65. The van der Waals surface area contributed by atoms with E-state index in [1.165, 1.54) is 19.3 Å². The molecule has 1 aliphatic heterocycles. The second-order valence-corrected chi connectivity index (χ2v) is 8.34. The molecule has 6 nitrogen and oxygen atoms in total. The molecule has 152 valence electrons. The van der Waals surface area contributed by atoms with Crippen molar-refractivity contribution in [1.29, 1.82) is 5.26 Å². The Morgan fingerprint density at radius 1 is 1.21 bits per heavy atom. The van der Waals surface area contributed by atoms with E-state index in [0.717, 1.165) is 54.7 Å². The van der Waals surface area contributed by atoms with Crippen LogP contribution in [0.25, 0.3) is 0 Å². The molecular weight excluding hydrogens is 360 g/mol. The van der Waals surface area contributed by atoms with Gasteiger partial charge in [-0.3, -0.25) is 4.90 Å². The Labute approximate surface area is 173 Å². The Morgan fingerprint density at radius 3 is 2.76 bits per heavy atom. The zero-order valence-corrected chi connectivity index (χ0v) is 17.6. The average Bonchev–Trinajstić information content (AvgIpc) is 3.45. The average molecular weight is 391 g/mol. The molecule has 0 radical (unpaired) electrons. The Balaban J connectivity index is 1.55. The first-order valence-corrected chi connectivity index (χ1v) is 10.7. The highest BCUT2D eigenvalue weighted by atomic mass is 15.3. The third kappa shape index (κ3) is 4.51. The van der Waals surface area contributed by atoms with Crippen molar-refractivity contribution >= 4 is 17.5 Å². The maximum Gasteiger partial charge on any atom is 0.229 e. The van der Waals surface area contributed by atoms with Crippen LogP contribution in [-0.4, -0.2) is 47.1 Å². The Morgan fingerprint density at radius 2 is 2.03 bits per heavy atom. The summed E-state index contributed by atoms with van der Waals surface area (Å²) in [5.41, 5.74) is 3.55. The topological polar surface area (TPSA) is 68.1 Å². The smallest absolute Gasteiger partial charge is 0.229 e. The summed E-state index contributed by atoms with van der Waals surface area (Å²) in [6.45, 7) is 6.18. The molecule has 1 atom stereocenters. The maximum absolute atomic E-state index is 9.30. The molecule has 6 heteroatoms. The molecular formula is C23H30N6. The van der Waals surface area contributed by atoms with Crippen LogP contribution in [0.5, 0.6) is 0 Å². The van der Waals surface area contributed by atoms with E-state index < -0.39 is 0 Å². The van der Waals surface area contributed by atoms with Crippen LogP contribution < -0.4 is 10.2 Å². The minimum absolute atomic E-state index is 0.609. The molecule has 1 saturated carbocycles. The SMILES string of the molecule is CCCc1cc(N2CC[C@H](N(C)C3CC3)C2)nc(Nc2ccc(C)c(C#N)c2)n1. The maximum atomic E-state index is 9.30. The number of aromatic nitrogens is 2. The minimum atomic E-state index is 0.609. The lowest BCUT2D eigenvalue weighted by molar-refractivity contribution is 0.249. The summed E-state index contributed by atoms with van der Waals surface area (Å²) in [6, 6.07) is 11.6. The van der Waals surface area contributed by atoms with Gasteiger partial charge in [-0.2, -0.15) is 10.2 Å². The molecule has 2 aliphatic rings. The second-order valence-electron chi connectivity index (χ2n) is 8.34. The van der Waals surface area contributed by atoms with Gasteiger partial charge in [-0.15, -0.1) is 0 Å². The van der Waals surface area contributed by atoms with Crippen molar-refractivity contribution in [3.8, 4) is 6.07 Å². The number of benzene rings is 1. The number of hydrogen-bond donors (Lipinski definition) is 1. The van der Waals surface area contributed by atoms with Crippen LogP contribution in [-0.2, 0) is 6.42 Å². The van der Waals surface area contributed by atoms with Crippen molar-refractivity contribution < 1.29 is 0 Å². The van der Waals surface area contributed by atoms with E-state index in [9.17, 15) is 5.26 Å². The summed E-state index contributed by atoms with van der Waals surface area (Å²) in [4.78, 5) is 14.5. The quantitative estimate of drug-likeness (QED) is 0.770. The molecule has 1 N–H and O–H groups in total. The molecule has 0 unspecified atom stereocenters. The minimum Gasteiger partial charge on any atom is -0.355 e. The second kappa shape index (κ2) is 8.38. The van der Waals surface area contributed by atoms with Gasteiger partial charge in [-0.1, -0.05) is 19.4 Å². The van der Waals surface area contributed by atoms with E-state index in [1.807, 2.05) is 25.1 Å². The van der Waals surface area contributed by atoms with Crippen LogP contribution in [0.2, 0.25) is 0 Å². The normalized spacial score (nSPS) is 18.9. The predicted molar refractivity (Wildman–Crippen MR) is 117 cm³/mol. The van der Waals surface area contributed by atoms with Crippen LogP contribution in [0, 0.1) is 18.3 Å². The summed E-state index contributed by atoms with van der Waals surface area (Å²) in [6.07, 6.45) is 5.85. The van der Waals surface area contributed by atoms with Gasteiger partial charge in [0.1, 0.15) is 5.82 Å². The van der Waals surface area contributed by atoms with Gasteiger partial charge in [0.05, 0.1) is 11.6 Å². The van der Waals surface area contributed by atoms with Crippen molar-refractivity contribution in [1.82, 2.24) is 14.9 Å². The number of hydrogen-bond acceptors (Lipinski definition) is 6. The standard InChI is InChI=1S/C23H30N6/c1-4-5-18-13-22(29-11-10-21(15-29)28(3)20-8-9-20)27-23(25-18)26-19-7-6-16(2)17(12-19)14-24/h6-7,12-13,20-21H,4-5,8-11,15H2,1-3H3,(H,25,26,27)/t21-/m0/s1. The van der Waals surface area contributed by atoms with Crippen LogP contribution in [0.1, 0.15) is 49.4 Å². The highest BCUT2D eigenvalue weighted by Gasteiger charge is 2.35. The largest absolute Gasteiger partial charge is 0.355 e. The van der Waals surface area contributed by atoms with Crippen molar-refractivity contribution in [2.45, 2.75) is 58.0 Å². The molecule has 0 amide bonds. The van der Waals surface area contributed by atoms with Gasteiger partial charge < -0.3 is 10.2 Å². The van der Waals surface area contributed by atoms with Gasteiger partial charge >= 0.3 is 0 Å². The molecule has 2 fully saturated rings. The summed E-state index contributed by atoms with van der Waals surface area (Å²) < 4.78 is 0. The van der Waals surface area contributed by atoms with E-state index in [1.54, 1.807) is 0 Å². The molecule has 1 aromatic carbocycles. The lowest BCUT2D eigenvalue weighted by Gasteiger charge is -2.25. The molecule has 1 aromatic heterocycles. The monoisotopic (exact) mass is 390 g/mol. The van der Waals surface area contributed by atoms with Crippen LogP contribution >= 0.6 is 0 Å². The summed E-state index contributed by atoms with van der Waals surface area (Å²) in [5.74, 6) is 1.61. The molecule has 1 saturated heterocycles. The summed E-state index contributed by atoms with van der Waals surface area (Å²) >= 11 is 0. The van der Waals surface area contributed by atoms with Gasteiger partial charge in [-0.05, 0) is 57.4 Å². The van der Waals surface area contributed by atoms with Crippen molar-refractivity contribution in [3.05, 3.63) is 41.1 Å². The fourth-order valence-corrected chi connectivity index (χ4v) is 4.10. The first kappa shape index (κ1) is 19.7. The van der Waals surface area contributed by atoms with E-state index in [0.29, 0.717) is 17.6 Å². The zero-order valence-electron chi connectivity index (χ0n) is 17.6. The number of likely N-dealkylation sites (N-methyl/N-ethyl adjacent to an activating group) is 1. The highest BCUT2D eigenvalue weighted by molar-refractivity contribution is 5.59. The van der Waals surface area contributed by atoms with E-state index in [2.05, 4.69) is 41.2 Å². The first-order chi connectivity index (χ1) is 14.1. The number of nitriles is 1. The number of nitrogens with zero attached hydrogens (tertiary/aromatic N) is 5. The lowest BCUT2D eigenvalue weighted by Crippen LogP contribution is -2.36. The van der Waals surface area contributed by atoms with E-state index in [-0.39, 0.29) is 0 Å². The fraction of sp³-hybridized carbons (Fsp3) is 0.522. The Kier molecular flexibility index (Phi) is 5.68. The van der Waals surface area contributed by atoms with Crippen molar-refractivity contribution in [2.75, 3.05) is 30.4 Å². The third-order valence-electron chi connectivity index (χ3n) is 6.07. The van der Waals surface area contributed by atoms with Gasteiger partial charge in [0.15, 0.2) is 0 Å². The van der Waals surface area contributed by atoms with Gasteiger partial charge in [-0.25, -0.2) is 4.98 Å². The van der Waals surface area contributed by atoms with Crippen LogP contribution in [0.3, 0.4) is 0 Å². The molecule has 1 aliphatic carbocycles. The molecule has 0 bridgehead atoms. The number of anilines is 3. The first-order valence-electron chi connectivity index (χ1n) is 10.7. The van der Waals surface area contributed by atoms with Gasteiger partial charge in [0, 0.05) is 42.6 Å². The van der Waals surface area contributed by atoms with E-state index >= 15 is 0 Å². The number of aryl methyl sites for hydroxylation is 2. The van der Waals surface area contributed by atoms with Crippen molar-refractivity contribution in [3.63, 3.8) is 0 Å². The van der Waals surface area contributed by atoms with Crippen LogP contribution in [0.4, 0.5) is 17.5 Å². The predicted octanol–water partition coefficient (Wildman–Crippen LogP) is 4.03.